The summed E-state index contributed by atoms with van der Waals surface area (Å²) in [5, 5.41) is 0. The van der Waals surface area contributed by atoms with Crippen LogP contribution in [0.15, 0.2) is 22.7 Å². The molecule has 1 atom stereocenters. The van der Waals surface area contributed by atoms with Gasteiger partial charge < -0.3 is 5.73 Å². The first-order valence-corrected chi connectivity index (χ1v) is 4.42. The van der Waals surface area contributed by atoms with E-state index in [1.807, 2.05) is 13.0 Å². The lowest BCUT2D eigenvalue weighted by atomic mass is 10.0. The van der Waals surface area contributed by atoms with Gasteiger partial charge in [-0.25, -0.2) is 0 Å². The van der Waals surface area contributed by atoms with Gasteiger partial charge in [0.05, 0.1) is 0 Å². The standard InChI is InChI=1S/C9H12BrN.ClH/c1-6-5-8(10)3-4-9(6)7(2)11;/h3-5,7H,11H2,1-2H3;1H. The molecule has 1 rings (SSSR count). The zero-order chi connectivity index (χ0) is 8.43. The first-order valence-electron chi connectivity index (χ1n) is 3.63. The quantitative estimate of drug-likeness (QED) is 0.814. The third-order valence-corrected chi connectivity index (χ3v) is 2.22. The highest BCUT2D eigenvalue weighted by atomic mass is 79.9. The van der Waals surface area contributed by atoms with Gasteiger partial charge in [0.1, 0.15) is 0 Å². The highest BCUT2D eigenvalue weighted by Gasteiger charge is 2.02. The van der Waals surface area contributed by atoms with E-state index in [9.17, 15) is 0 Å². The van der Waals surface area contributed by atoms with E-state index in [1.54, 1.807) is 0 Å². The molecule has 0 aromatic heterocycles. The number of halogens is 2. The van der Waals surface area contributed by atoms with Gasteiger partial charge in [0.15, 0.2) is 0 Å². The first kappa shape index (κ1) is 11.9. The third kappa shape index (κ3) is 2.77. The van der Waals surface area contributed by atoms with Crippen molar-refractivity contribution in [3.63, 3.8) is 0 Å². The van der Waals surface area contributed by atoms with Crippen molar-refractivity contribution in [3.8, 4) is 0 Å². The lowest BCUT2D eigenvalue weighted by Crippen LogP contribution is -2.06. The molecule has 0 amide bonds. The Morgan fingerprint density at radius 3 is 2.42 bits per heavy atom. The molecule has 12 heavy (non-hydrogen) atoms. The molecule has 0 heterocycles. The van der Waals surface area contributed by atoms with Crippen LogP contribution >= 0.6 is 28.3 Å². The Bertz CT molecular complexity index is 261. The van der Waals surface area contributed by atoms with Crippen molar-refractivity contribution in [1.29, 1.82) is 0 Å². The van der Waals surface area contributed by atoms with E-state index in [1.165, 1.54) is 11.1 Å². The van der Waals surface area contributed by atoms with Crippen molar-refractivity contribution >= 4 is 28.3 Å². The number of rotatable bonds is 1. The van der Waals surface area contributed by atoms with Crippen molar-refractivity contribution < 1.29 is 0 Å². The summed E-state index contributed by atoms with van der Waals surface area (Å²) in [4.78, 5) is 0. The second-order valence-corrected chi connectivity index (χ2v) is 3.71. The van der Waals surface area contributed by atoms with Gasteiger partial charge in [-0.3, -0.25) is 0 Å². The van der Waals surface area contributed by atoms with Crippen LogP contribution in [0.2, 0.25) is 0 Å². The predicted molar refractivity (Wildman–Crippen MR) is 58.7 cm³/mol. The van der Waals surface area contributed by atoms with Gasteiger partial charge in [-0.05, 0) is 37.1 Å². The Labute approximate surface area is 87.9 Å². The van der Waals surface area contributed by atoms with Crippen LogP contribution < -0.4 is 5.73 Å². The Balaban J connectivity index is 0.00000121. The number of nitrogens with two attached hydrogens (primary N) is 1. The zero-order valence-electron chi connectivity index (χ0n) is 7.17. The maximum atomic E-state index is 5.75. The molecular formula is C9H13BrClN. The second kappa shape index (κ2) is 4.85. The Kier molecular flexibility index (Phi) is 4.83. The van der Waals surface area contributed by atoms with Crippen LogP contribution in [0.5, 0.6) is 0 Å². The minimum absolute atomic E-state index is 0. The maximum Gasteiger partial charge on any atom is 0.0268 e. The number of aryl methyl sites for hydroxylation is 1. The minimum Gasteiger partial charge on any atom is -0.324 e. The molecule has 68 valence electrons. The largest absolute Gasteiger partial charge is 0.324 e. The predicted octanol–water partition coefficient (Wildman–Crippen LogP) is 3.20. The molecule has 0 aliphatic rings. The summed E-state index contributed by atoms with van der Waals surface area (Å²) < 4.78 is 1.11. The molecule has 3 heteroatoms. The molecule has 1 aromatic rings. The summed E-state index contributed by atoms with van der Waals surface area (Å²) in [6.07, 6.45) is 0. The van der Waals surface area contributed by atoms with Gasteiger partial charge in [-0.15, -0.1) is 12.4 Å². The van der Waals surface area contributed by atoms with E-state index in [4.69, 9.17) is 5.73 Å². The highest BCUT2D eigenvalue weighted by Crippen LogP contribution is 2.19. The molecule has 2 N–H and O–H groups in total. The Hall–Kier alpha value is -0.0500. The summed E-state index contributed by atoms with van der Waals surface area (Å²) in [5.74, 6) is 0. The number of hydrogen-bond acceptors (Lipinski definition) is 1. The number of hydrogen-bond donors (Lipinski definition) is 1. The zero-order valence-corrected chi connectivity index (χ0v) is 9.58. The van der Waals surface area contributed by atoms with Gasteiger partial charge in [-0.2, -0.15) is 0 Å². The van der Waals surface area contributed by atoms with Gasteiger partial charge in [0.2, 0.25) is 0 Å². The van der Waals surface area contributed by atoms with Gasteiger partial charge >= 0.3 is 0 Å². The summed E-state index contributed by atoms with van der Waals surface area (Å²) in [6, 6.07) is 6.29. The van der Waals surface area contributed by atoms with E-state index in [-0.39, 0.29) is 18.4 Å². The fraction of sp³-hybridized carbons (Fsp3) is 0.333. The van der Waals surface area contributed by atoms with Crippen molar-refractivity contribution in [1.82, 2.24) is 0 Å². The summed E-state index contributed by atoms with van der Waals surface area (Å²) >= 11 is 3.40. The van der Waals surface area contributed by atoms with E-state index >= 15 is 0 Å². The van der Waals surface area contributed by atoms with Crippen molar-refractivity contribution in [2.24, 2.45) is 5.73 Å². The van der Waals surface area contributed by atoms with Gasteiger partial charge in [0.25, 0.3) is 0 Å². The molecule has 0 spiro atoms. The van der Waals surface area contributed by atoms with E-state index in [0.29, 0.717) is 0 Å². The molecule has 0 fully saturated rings. The summed E-state index contributed by atoms with van der Waals surface area (Å²) in [5.41, 5.74) is 8.21. The van der Waals surface area contributed by atoms with Crippen LogP contribution in [0.4, 0.5) is 0 Å². The molecule has 1 nitrogen and oxygen atoms in total. The highest BCUT2D eigenvalue weighted by molar-refractivity contribution is 9.10. The van der Waals surface area contributed by atoms with E-state index in [0.717, 1.165) is 4.47 Å². The second-order valence-electron chi connectivity index (χ2n) is 2.79. The molecule has 0 saturated carbocycles. The normalized spacial score (nSPS) is 12.0. The van der Waals surface area contributed by atoms with Gasteiger partial charge in [-0.1, -0.05) is 22.0 Å². The first-order chi connectivity index (χ1) is 5.11. The van der Waals surface area contributed by atoms with Crippen LogP contribution in [0.25, 0.3) is 0 Å². The monoisotopic (exact) mass is 249 g/mol. The van der Waals surface area contributed by atoms with Crippen molar-refractivity contribution in [2.75, 3.05) is 0 Å². The molecule has 0 radical (unpaired) electrons. The van der Waals surface area contributed by atoms with Crippen LogP contribution in [0.3, 0.4) is 0 Å². The molecule has 0 aliphatic carbocycles. The van der Waals surface area contributed by atoms with Crippen molar-refractivity contribution in [3.05, 3.63) is 33.8 Å². The van der Waals surface area contributed by atoms with Crippen LogP contribution in [-0.2, 0) is 0 Å². The SMILES string of the molecule is Cc1cc(Br)ccc1C(C)N.Cl. The summed E-state index contributed by atoms with van der Waals surface area (Å²) in [6.45, 7) is 4.07. The maximum absolute atomic E-state index is 5.75. The fourth-order valence-corrected chi connectivity index (χ4v) is 1.63. The average molecular weight is 251 g/mol. The smallest absolute Gasteiger partial charge is 0.0268 e. The van der Waals surface area contributed by atoms with E-state index < -0.39 is 0 Å². The molecule has 0 saturated heterocycles. The number of benzene rings is 1. The fourth-order valence-electron chi connectivity index (χ4n) is 1.15. The van der Waals surface area contributed by atoms with Crippen molar-refractivity contribution in [2.45, 2.75) is 19.9 Å². The topological polar surface area (TPSA) is 26.0 Å². The molecule has 0 bridgehead atoms. The minimum atomic E-state index is 0. The van der Waals surface area contributed by atoms with Gasteiger partial charge in [0, 0.05) is 10.5 Å². The average Bonchev–Trinajstić information content (AvgIpc) is 1.85. The molecule has 1 unspecified atom stereocenters. The lowest BCUT2D eigenvalue weighted by molar-refractivity contribution is 0.809. The summed E-state index contributed by atoms with van der Waals surface area (Å²) in [7, 11) is 0. The van der Waals surface area contributed by atoms with E-state index in [2.05, 4.69) is 35.0 Å². The Morgan fingerprint density at radius 2 is 2.00 bits per heavy atom. The molecule has 1 aromatic carbocycles. The molecule has 0 aliphatic heterocycles. The van der Waals surface area contributed by atoms with Crippen LogP contribution in [0, 0.1) is 6.92 Å². The lowest BCUT2D eigenvalue weighted by Gasteiger charge is -2.08. The van der Waals surface area contributed by atoms with Crippen LogP contribution in [-0.4, -0.2) is 0 Å². The molecular weight excluding hydrogens is 237 g/mol. The Morgan fingerprint density at radius 1 is 1.42 bits per heavy atom. The third-order valence-electron chi connectivity index (χ3n) is 1.72. The van der Waals surface area contributed by atoms with Crippen LogP contribution in [0.1, 0.15) is 24.1 Å².